The Kier molecular flexibility index (Phi) is 3.72. The molecule has 3 rings (SSSR count). The van der Waals surface area contributed by atoms with Crippen LogP contribution in [0.25, 0.3) is 0 Å². The summed E-state index contributed by atoms with van der Waals surface area (Å²) in [6.45, 7) is 6.28. The first kappa shape index (κ1) is 15.7. The molecule has 0 spiro atoms. The second-order valence-corrected chi connectivity index (χ2v) is 7.66. The van der Waals surface area contributed by atoms with Gasteiger partial charge < -0.3 is 15.1 Å². The van der Waals surface area contributed by atoms with Crippen LogP contribution >= 0.6 is 0 Å². The van der Waals surface area contributed by atoms with Crippen molar-refractivity contribution in [2.24, 2.45) is 10.8 Å². The molecule has 1 amide bonds. The van der Waals surface area contributed by atoms with Crippen LogP contribution in [0.15, 0.2) is 0 Å². The van der Waals surface area contributed by atoms with Crippen molar-refractivity contribution in [3.63, 3.8) is 0 Å². The lowest BCUT2D eigenvalue weighted by atomic mass is 9.94. The quantitative estimate of drug-likeness (QED) is 0.744. The van der Waals surface area contributed by atoms with Crippen molar-refractivity contribution >= 4 is 11.9 Å². The van der Waals surface area contributed by atoms with Gasteiger partial charge in [0.05, 0.1) is 6.10 Å². The Bertz CT molecular complexity index is 485. The summed E-state index contributed by atoms with van der Waals surface area (Å²) in [5.41, 5.74) is -1.67. The van der Waals surface area contributed by atoms with Crippen molar-refractivity contribution in [2.75, 3.05) is 26.2 Å². The summed E-state index contributed by atoms with van der Waals surface area (Å²) < 4.78 is 0. The summed E-state index contributed by atoms with van der Waals surface area (Å²) in [6.07, 6.45) is 3.10. The number of carbonyl (C=O) groups excluding carboxylic acids is 1. The fourth-order valence-electron chi connectivity index (χ4n) is 4.31. The molecule has 1 heterocycles. The highest BCUT2D eigenvalue weighted by Crippen LogP contribution is 2.64. The smallest absolute Gasteiger partial charge is 0.319 e. The summed E-state index contributed by atoms with van der Waals surface area (Å²) in [5.74, 6) is -1.22. The predicted molar refractivity (Wildman–Crippen MR) is 80.3 cm³/mol. The summed E-state index contributed by atoms with van der Waals surface area (Å²) in [7, 11) is 0. The van der Waals surface area contributed by atoms with Gasteiger partial charge in [0.15, 0.2) is 5.41 Å². The molecule has 3 unspecified atom stereocenters. The van der Waals surface area contributed by atoms with Crippen molar-refractivity contribution in [3.05, 3.63) is 0 Å². The van der Waals surface area contributed by atoms with Crippen molar-refractivity contribution in [1.82, 2.24) is 9.80 Å². The first-order chi connectivity index (χ1) is 10.3. The Morgan fingerprint density at radius 3 is 2.09 bits per heavy atom. The highest BCUT2D eigenvalue weighted by atomic mass is 16.4. The van der Waals surface area contributed by atoms with E-state index in [-0.39, 0.29) is 18.1 Å². The van der Waals surface area contributed by atoms with Crippen LogP contribution in [0.2, 0.25) is 0 Å². The number of aliphatic hydroxyl groups is 1. The van der Waals surface area contributed by atoms with E-state index in [0.717, 1.165) is 32.4 Å². The minimum absolute atomic E-state index is 0.211. The van der Waals surface area contributed by atoms with Crippen LogP contribution < -0.4 is 0 Å². The number of rotatable bonds is 3. The molecule has 2 saturated carbocycles. The molecule has 0 aromatic heterocycles. The lowest BCUT2D eigenvalue weighted by molar-refractivity contribution is -0.156. The van der Waals surface area contributed by atoms with Gasteiger partial charge in [-0.3, -0.25) is 14.5 Å². The molecule has 0 aromatic rings. The van der Waals surface area contributed by atoms with Gasteiger partial charge in [-0.1, -0.05) is 13.8 Å². The third-order valence-corrected chi connectivity index (χ3v) is 5.98. The van der Waals surface area contributed by atoms with Crippen LogP contribution in [0.3, 0.4) is 0 Å². The first-order valence-corrected chi connectivity index (χ1v) is 8.24. The van der Waals surface area contributed by atoms with Gasteiger partial charge in [-0.15, -0.1) is 0 Å². The van der Waals surface area contributed by atoms with Crippen LogP contribution in [0.5, 0.6) is 0 Å². The molecule has 2 N–H and O–H groups in total. The van der Waals surface area contributed by atoms with Crippen molar-refractivity contribution in [1.29, 1.82) is 0 Å². The van der Waals surface area contributed by atoms with Crippen LogP contribution in [-0.2, 0) is 9.59 Å². The number of nitrogens with zero attached hydrogens (tertiary/aromatic N) is 2. The summed E-state index contributed by atoms with van der Waals surface area (Å²) in [5, 5.41) is 19.5. The number of carboxylic acid groups (broad SMARTS) is 1. The number of aliphatic hydroxyl groups excluding tert-OH is 1. The SMILES string of the molecule is CC1(C)CC1(C(=O)O)C(=O)N1CCN(C2CCCC2O)CC1. The molecule has 6 nitrogen and oxygen atoms in total. The average Bonchev–Trinajstić information content (AvgIpc) is 2.83. The number of amides is 1. The number of aliphatic carboxylic acids is 1. The largest absolute Gasteiger partial charge is 0.480 e. The molecular weight excluding hydrogens is 284 g/mol. The Hall–Kier alpha value is -1.14. The lowest BCUT2D eigenvalue weighted by Crippen LogP contribution is -2.56. The summed E-state index contributed by atoms with van der Waals surface area (Å²) in [4.78, 5) is 28.3. The van der Waals surface area contributed by atoms with E-state index < -0.39 is 16.8 Å². The van der Waals surface area contributed by atoms with Gasteiger partial charge in [0.2, 0.25) is 5.91 Å². The van der Waals surface area contributed by atoms with Crippen LogP contribution in [0, 0.1) is 10.8 Å². The molecule has 22 heavy (non-hydrogen) atoms. The van der Waals surface area contributed by atoms with Crippen LogP contribution in [0.1, 0.15) is 39.5 Å². The van der Waals surface area contributed by atoms with Gasteiger partial charge in [-0.05, 0) is 31.1 Å². The third-order valence-electron chi connectivity index (χ3n) is 5.98. The number of piperazine rings is 1. The van der Waals surface area contributed by atoms with Gasteiger partial charge >= 0.3 is 5.97 Å². The monoisotopic (exact) mass is 310 g/mol. The molecule has 0 aromatic carbocycles. The van der Waals surface area contributed by atoms with E-state index in [0.29, 0.717) is 19.5 Å². The molecule has 3 fully saturated rings. The molecule has 6 heteroatoms. The van der Waals surface area contributed by atoms with E-state index in [1.165, 1.54) is 0 Å². The standard InChI is InChI=1S/C16H26N2O4/c1-15(2)10-16(15,14(21)22)13(20)18-8-6-17(7-9-18)11-4-3-5-12(11)19/h11-12,19H,3-10H2,1-2H3,(H,21,22). The maximum Gasteiger partial charge on any atom is 0.319 e. The fourth-order valence-corrected chi connectivity index (χ4v) is 4.31. The molecular formula is C16H26N2O4. The van der Waals surface area contributed by atoms with E-state index in [1.54, 1.807) is 4.90 Å². The topological polar surface area (TPSA) is 81.1 Å². The maximum absolute atomic E-state index is 12.7. The second-order valence-electron chi connectivity index (χ2n) is 7.66. The number of carboxylic acids is 1. The van der Waals surface area contributed by atoms with Crippen molar-refractivity contribution in [2.45, 2.75) is 51.7 Å². The average molecular weight is 310 g/mol. The molecule has 1 aliphatic heterocycles. The summed E-state index contributed by atoms with van der Waals surface area (Å²) >= 11 is 0. The van der Waals surface area contributed by atoms with E-state index in [1.807, 2.05) is 13.8 Å². The van der Waals surface area contributed by atoms with E-state index in [4.69, 9.17) is 0 Å². The molecule has 3 aliphatic rings. The molecule has 124 valence electrons. The predicted octanol–water partition coefficient (Wildman–Crippen LogP) is 0.545. The zero-order valence-electron chi connectivity index (χ0n) is 13.4. The maximum atomic E-state index is 12.7. The van der Waals surface area contributed by atoms with Crippen molar-refractivity contribution in [3.8, 4) is 0 Å². The molecule has 3 atom stereocenters. The molecule has 2 aliphatic carbocycles. The second kappa shape index (κ2) is 5.20. The van der Waals surface area contributed by atoms with E-state index >= 15 is 0 Å². The highest BCUT2D eigenvalue weighted by molar-refractivity contribution is 6.06. The number of carbonyl (C=O) groups is 2. The first-order valence-electron chi connectivity index (χ1n) is 8.24. The minimum atomic E-state index is -1.22. The number of hydrogen-bond donors (Lipinski definition) is 2. The Morgan fingerprint density at radius 1 is 1.09 bits per heavy atom. The Labute approximate surface area is 131 Å². The van der Waals surface area contributed by atoms with Crippen LogP contribution in [-0.4, -0.2) is 70.2 Å². The zero-order valence-corrected chi connectivity index (χ0v) is 13.4. The zero-order chi connectivity index (χ0) is 16.1. The highest BCUT2D eigenvalue weighted by Gasteiger charge is 2.72. The van der Waals surface area contributed by atoms with Gasteiger partial charge in [-0.2, -0.15) is 0 Å². The number of hydrogen-bond acceptors (Lipinski definition) is 4. The molecule has 0 radical (unpaired) electrons. The van der Waals surface area contributed by atoms with Gasteiger partial charge in [-0.25, -0.2) is 0 Å². The molecule has 0 bridgehead atoms. The van der Waals surface area contributed by atoms with E-state index in [2.05, 4.69) is 4.90 Å². The van der Waals surface area contributed by atoms with Crippen LogP contribution in [0.4, 0.5) is 0 Å². The minimum Gasteiger partial charge on any atom is -0.480 e. The fraction of sp³-hybridized carbons (Fsp3) is 0.875. The third kappa shape index (κ3) is 2.24. The molecule has 1 saturated heterocycles. The van der Waals surface area contributed by atoms with Gasteiger partial charge in [0, 0.05) is 32.2 Å². The van der Waals surface area contributed by atoms with E-state index in [9.17, 15) is 19.8 Å². The Morgan fingerprint density at radius 2 is 1.68 bits per heavy atom. The normalized spacial score (nSPS) is 38.0. The van der Waals surface area contributed by atoms with Crippen molar-refractivity contribution < 1.29 is 19.8 Å². The van der Waals surface area contributed by atoms with Gasteiger partial charge in [0.25, 0.3) is 0 Å². The Balaban J connectivity index is 1.62. The summed E-state index contributed by atoms with van der Waals surface area (Å²) in [6, 6.07) is 0.211. The van der Waals surface area contributed by atoms with Gasteiger partial charge in [0.1, 0.15) is 0 Å². The lowest BCUT2D eigenvalue weighted by Gasteiger charge is -2.40.